The molecular formula is C15H22N2O2. The maximum atomic E-state index is 11.8. The fourth-order valence-corrected chi connectivity index (χ4v) is 1.61. The summed E-state index contributed by atoms with van der Waals surface area (Å²) in [5, 5.41) is 0. The van der Waals surface area contributed by atoms with Crippen LogP contribution in [0.5, 0.6) is 0 Å². The van der Waals surface area contributed by atoms with Gasteiger partial charge in [-0.25, -0.2) is 0 Å². The third kappa shape index (κ3) is 4.73. The standard InChI is InChI=1S/C15H22N2O2/c1-5-6-13(18)16-17-14(19)11-7-9-12(10-8-11)15(2,3)4/h7-10H,5-6H2,1-4H3,(H,16,18)(H,17,19). The van der Waals surface area contributed by atoms with Crippen LogP contribution in [-0.2, 0) is 10.2 Å². The minimum absolute atomic E-state index is 0.0599. The molecule has 2 amide bonds. The van der Waals surface area contributed by atoms with E-state index in [1.165, 1.54) is 5.56 Å². The fraction of sp³-hybridized carbons (Fsp3) is 0.467. The van der Waals surface area contributed by atoms with Crippen LogP contribution in [0.4, 0.5) is 0 Å². The van der Waals surface area contributed by atoms with Crippen molar-refractivity contribution in [2.45, 2.75) is 46.0 Å². The number of hydrogen-bond acceptors (Lipinski definition) is 2. The van der Waals surface area contributed by atoms with Crippen molar-refractivity contribution in [2.24, 2.45) is 0 Å². The zero-order valence-corrected chi connectivity index (χ0v) is 12.0. The first-order chi connectivity index (χ1) is 8.84. The topological polar surface area (TPSA) is 58.2 Å². The first kappa shape index (κ1) is 15.2. The van der Waals surface area contributed by atoms with E-state index in [4.69, 9.17) is 0 Å². The van der Waals surface area contributed by atoms with Crippen LogP contribution in [0.3, 0.4) is 0 Å². The minimum atomic E-state index is -0.301. The molecule has 4 nitrogen and oxygen atoms in total. The zero-order valence-electron chi connectivity index (χ0n) is 12.0. The molecule has 0 saturated heterocycles. The monoisotopic (exact) mass is 262 g/mol. The van der Waals surface area contributed by atoms with Crippen LogP contribution in [0.1, 0.15) is 56.5 Å². The molecule has 1 rings (SSSR count). The summed E-state index contributed by atoms with van der Waals surface area (Å²) in [5.41, 5.74) is 6.55. The Morgan fingerprint density at radius 3 is 2.11 bits per heavy atom. The molecule has 0 aliphatic carbocycles. The molecule has 1 aromatic carbocycles. The highest BCUT2D eigenvalue weighted by Crippen LogP contribution is 2.22. The summed E-state index contributed by atoms with van der Waals surface area (Å²) in [7, 11) is 0. The molecule has 0 heterocycles. The molecule has 0 aromatic heterocycles. The maximum Gasteiger partial charge on any atom is 0.269 e. The van der Waals surface area contributed by atoms with Crippen LogP contribution in [-0.4, -0.2) is 11.8 Å². The van der Waals surface area contributed by atoms with Gasteiger partial charge in [0.1, 0.15) is 0 Å². The molecule has 0 saturated carbocycles. The average Bonchev–Trinajstić information content (AvgIpc) is 2.35. The molecule has 0 unspecified atom stereocenters. The zero-order chi connectivity index (χ0) is 14.5. The quantitative estimate of drug-likeness (QED) is 0.822. The molecule has 104 valence electrons. The number of carbonyl (C=O) groups is 2. The molecule has 0 fully saturated rings. The van der Waals surface area contributed by atoms with Crippen molar-refractivity contribution in [3.05, 3.63) is 35.4 Å². The Balaban J connectivity index is 2.61. The molecule has 4 heteroatoms. The lowest BCUT2D eigenvalue weighted by Gasteiger charge is -2.19. The Kier molecular flexibility index (Phi) is 5.10. The third-order valence-electron chi connectivity index (χ3n) is 2.81. The van der Waals surface area contributed by atoms with Gasteiger partial charge in [-0.1, -0.05) is 39.8 Å². The summed E-state index contributed by atoms with van der Waals surface area (Å²) in [6.07, 6.45) is 1.16. The SMILES string of the molecule is CCCC(=O)NNC(=O)c1ccc(C(C)(C)C)cc1. The Labute approximate surface area is 114 Å². The van der Waals surface area contributed by atoms with Crippen molar-refractivity contribution < 1.29 is 9.59 Å². The van der Waals surface area contributed by atoms with Crippen molar-refractivity contribution in [1.82, 2.24) is 10.9 Å². The van der Waals surface area contributed by atoms with E-state index in [1.54, 1.807) is 12.1 Å². The van der Waals surface area contributed by atoms with Crippen LogP contribution in [0.25, 0.3) is 0 Å². The summed E-state index contributed by atoms with van der Waals surface area (Å²) >= 11 is 0. The molecule has 1 aromatic rings. The summed E-state index contributed by atoms with van der Waals surface area (Å²) < 4.78 is 0. The highest BCUT2D eigenvalue weighted by atomic mass is 16.2. The van der Waals surface area contributed by atoms with Crippen molar-refractivity contribution in [3.8, 4) is 0 Å². The van der Waals surface area contributed by atoms with E-state index in [1.807, 2.05) is 19.1 Å². The maximum absolute atomic E-state index is 11.8. The summed E-state index contributed by atoms with van der Waals surface area (Å²) in [5.74, 6) is -0.480. The third-order valence-corrected chi connectivity index (χ3v) is 2.81. The molecule has 0 aliphatic heterocycles. The molecule has 0 bridgehead atoms. The van der Waals surface area contributed by atoms with E-state index in [-0.39, 0.29) is 17.2 Å². The number of amides is 2. The minimum Gasteiger partial charge on any atom is -0.273 e. The van der Waals surface area contributed by atoms with Gasteiger partial charge >= 0.3 is 0 Å². The predicted molar refractivity (Wildman–Crippen MR) is 75.7 cm³/mol. The van der Waals surface area contributed by atoms with E-state index in [9.17, 15) is 9.59 Å². The summed E-state index contributed by atoms with van der Waals surface area (Å²) in [6, 6.07) is 7.40. The van der Waals surface area contributed by atoms with Crippen LogP contribution < -0.4 is 10.9 Å². The van der Waals surface area contributed by atoms with Crippen molar-refractivity contribution >= 4 is 11.8 Å². The van der Waals surface area contributed by atoms with Gasteiger partial charge in [-0.15, -0.1) is 0 Å². The Bertz CT molecular complexity index is 444. The molecule has 0 atom stereocenters. The summed E-state index contributed by atoms with van der Waals surface area (Å²) in [6.45, 7) is 8.26. The second kappa shape index (κ2) is 6.36. The Morgan fingerprint density at radius 1 is 1.05 bits per heavy atom. The van der Waals surface area contributed by atoms with E-state index in [2.05, 4.69) is 31.6 Å². The largest absolute Gasteiger partial charge is 0.273 e. The number of carbonyl (C=O) groups excluding carboxylic acids is 2. The first-order valence-electron chi connectivity index (χ1n) is 6.54. The number of hydrazine groups is 1. The smallest absolute Gasteiger partial charge is 0.269 e. The number of rotatable bonds is 3. The van der Waals surface area contributed by atoms with Gasteiger partial charge in [0.2, 0.25) is 5.91 Å². The van der Waals surface area contributed by atoms with Gasteiger partial charge in [0.05, 0.1) is 0 Å². The Hall–Kier alpha value is -1.84. The second-order valence-corrected chi connectivity index (χ2v) is 5.58. The normalized spacial score (nSPS) is 10.9. The molecule has 2 N–H and O–H groups in total. The first-order valence-corrected chi connectivity index (χ1v) is 6.54. The van der Waals surface area contributed by atoms with E-state index >= 15 is 0 Å². The van der Waals surface area contributed by atoms with Gasteiger partial charge < -0.3 is 0 Å². The van der Waals surface area contributed by atoms with Crippen LogP contribution in [0.15, 0.2) is 24.3 Å². The van der Waals surface area contributed by atoms with E-state index < -0.39 is 0 Å². The number of hydrogen-bond donors (Lipinski definition) is 2. The van der Waals surface area contributed by atoms with E-state index in [0.717, 1.165) is 6.42 Å². The molecule has 0 spiro atoms. The average molecular weight is 262 g/mol. The van der Waals surface area contributed by atoms with Crippen LogP contribution in [0, 0.1) is 0 Å². The second-order valence-electron chi connectivity index (χ2n) is 5.58. The predicted octanol–water partition coefficient (Wildman–Crippen LogP) is 2.55. The lowest BCUT2D eigenvalue weighted by molar-refractivity contribution is -0.121. The van der Waals surface area contributed by atoms with Gasteiger partial charge in [-0.05, 0) is 29.5 Å². The van der Waals surface area contributed by atoms with Crippen LogP contribution >= 0.6 is 0 Å². The molecule has 19 heavy (non-hydrogen) atoms. The molecule has 0 radical (unpaired) electrons. The van der Waals surface area contributed by atoms with Gasteiger partial charge in [-0.2, -0.15) is 0 Å². The highest BCUT2D eigenvalue weighted by molar-refractivity contribution is 5.95. The fourth-order valence-electron chi connectivity index (χ4n) is 1.61. The van der Waals surface area contributed by atoms with E-state index in [0.29, 0.717) is 12.0 Å². The van der Waals surface area contributed by atoms with Crippen molar-refractivity contribution in [1.29, 1.82) is 0 Å². The molecular weight excluding hydrogens is 240 g/mol. The number of benzene rings is 1. The van der Waals surface area contributed by atoms with Crippen molar-refractivity contribution in [3.63, 3.8) is 0 Å². The highest BCUT2D eigenvalue weighted by Gasteiger charge is 2.14. The summed E-state index contributed by atoms with van der Waals surface area (Å²) in [4.78, 5) is 23.0. The Morgan fingerprint density at radius 2 is 1.63 bits per heavy atom. The van der Waals surface area contributed by atoms with Gasteiger partial charge in [0, 0.05) is 12.0 Å². The van der Waals surface area contributed by atoms with Gasteiger partial charge in [0.15, 0.2) is 0 Å². The lowest BCUT2D eigenvalue weighted by atomic mass is 9.87. The van der Waals surface area contributed by atoms with Crippen LogP contribution in [0.2, 0.25) is 0 Å². The van der Waals surface area contributed by atoms with Gasteiger partial charge in [0.25, 0.3) is 5.91 Å². The van der Waals surface area contributed by atoms with Crippen molar-refractivity contribution in [2.75, 3.05) is 0 Å². The molecule has 0 aliphatic rings. The number of nitrogens with one attached hydrogen (secondary N) is 2. The lowest BCUT2D eigenvalue weighted by Crippen LogP contribution is -2.41. The van der Waals surface area contributed by atoms with Gasteiger partial charge in [-0.3, -0.25) is 20.4 Å².